The maximum atomic E-state index is 14.2. The van der Waals surface area contributed by atoms with Crippen molar-refractivity contribution >= 4 is 23.4 Å². The van der Waals surface area contributed by atoms with Crippen molar-refractivity contribution in [3.63, 3.8) is 0 Å². The fraction of sp³-hybridized carbons (Fsp3) is 0.367. The van der Waals surface area contributed by atoms with Gasteiger partial charge in [-0.1, -0.05) is 12.1 Å². The first-order valence-electron chi connectivity index (χ1n) is 13.6. The zero-order chi connectivity index (χ0) is 31.8. The molecule has 0 bridgehead atoms. The fourth-order valence-corrected chi connectivity index (χ4v) is 5.46. The van der Waals surface area contributed by atoms with Crippen molar-refractivity contribution in [1.29, 1.82) is 0 Å². The van der Waals surface area contributed by atoms with Crippen LogP contribution in [0.15, 0.2) is 48.7 Å². The Hall–Kier alpha value is -4.33. The first-order valence-corrected chi connectivity index (χ1v) is 13.6. The van der Waals surface area contributed by atoms with E-state index in [0.717, 1.165) is 12.1 Å². The highest BCUT2D eigenvalue weighted by atomic mass is 19.4. The lowest BCUT2D eigenvalue weighted by molar-refractivity contribution is -0.170. The van der Waals surface area contributed by atoms with Crippen LogP contribution in [0, 0.1) is 6.92 Å². The standard InChI is InChI=1S/C30H27F6N3O5/c1-17-19(2-6-23(29(31,32)33)27(17)18-3-7-25(37-14-18)38-8-10-43-11-9-38)15-39(28(42)30(34,35)36)21-4-5-22-20(12-26(40)41)16-44-24(22)13-21/h2-7,13-14,20H,8-12,15-16H2,1H3,(H,40,41)/t20-/m1/s1. The van der Waals surface area contributed by atoms with Crippen molar-refractivity contribution in [3.8, 4) is 16.9 Å². The number of benzene rings is 2. The smallest absolute Gasteiger partial charge is 0.471 e. The van der Waals surface area contributed by atoms with E-state index in [1.807, 2.05) is 4.90 Å². The number of carbonyl (C=O) groups is 2. The van der Waals surface area contributed by atoms with E-state index < -0.39 is 42.3 Å². The largest absolute Gasteiger partial charge is 0.493 e. The van der Waals surface area contributed by atoms with Crippen molar-refractivity contribution in [3.05, 3.63) is 70.9 Å². The quantitative estimate of drug-likeness (QED) is 0.325. The number of hydrogen-bond donors (Lipinski definition) is 1. The molecule has 14 heteroatoms. The predicted octanol–water partition coefficient (Wildman–Crippen LogP) is 5.96. The Labute approximate surface area is 247 Å². The number of nitrogens with zero attached hydrogens (tertiary/aromatic N) is 3. The van der Waals surface area contributed by atoms with E-state index in [0.29, 0.717) is 42.6 Å². The molecule has 234 valence electrons. The molecule has 1 N–H and O–H groups in total. The van der Waals surface area contributed by atoms with Gasteiger partial charge in [-0.25, -0.2) is 4.98 Å². The highest BCUT2D eigenvalue weighted by Gasteiger charge is 2.44. The molecule has 1 amide bonds. The molecule has 0 aliphatic carbocycles. The Morgan fingerprint density at radius 1 is 1.05 bits per heavy atom. The van der Waals surface area contributed by atoms with Gasteiger partial charge in [0.1, 0.15) is 11.6 Å². The molecule has 1 fully saturated rings. The van der Waals surface area contributed by atoms with Gasteiger partial charge in [-0.15, -0.1) is 0 Å². The number of carboxylic acids is 1. The summed E-state index contributed by atoms with van der Waals surface area (Å²) in [6.07, 6.45) is -9.05. The maximum absolute atomic E-state index is 14.2. The summed E-state index contributed by atoms with van der Waals surface area (Å²) in [6, 6.07) is 8.73. The number of hydrogen-bond acceptors (Lipinski definition) is 6. The Kier molecular flexibility index (Phi) is 8.47. The van der Waals surface area contributed by atoms with E-state index in [2.05, 4.69) is 4.98 Å². The van der Waals surface area contributed by atoms with Gasteiger partial charge in [-0.2, -0.15) is 26.3 Å². The van der Waals surface area contributed by atoms with Crippen LogP contribution in [0.25, 0.3) is 11.1 Å². The van der Waals surface area contributed by atoms with Gasteiger partial charge in [0.05, 0.1) is 38.3 Å². The van der Waals surface area contributed by atoms with E-state index in [9.17, 15) is 35.9 Å². The van der Waals surface area contributed by atoms with Crippen LogP contribution in [0.2, 0.25) is 0 Å². The number of fused-ring (bicyclic) bond motifs is 1. The minimum Gasteiger partial charge on any atom is -0.493 e. The summed E-state index contributed by atoms with van der Waals surface area (Å²) in [5.41, 5.74) is -0.811. The topological polar surface area (TPSA) is 92.2 Å². The van der Waals surface area contributed by atoms with E-state index in [1.165, 1.54) is 37.4 Å². The third-order valence-corrected chi connectivity index (χ3v) is 7.68. The van der Waals surface area contributed by atoms with Gasteiger partial charge in [-0.3, -0.25) is 9.59 Å². The van der Waals surface area contributed by atoms with E-state index in [4.69, 9.17) is 14.6 Å². The molecule has 44 heavy (non-hydrogen) atoms. The van der Waals surface area contributed by atoms with Crippen molar-refractivity contribution in [2.45, 2.75) is 38.2 Å². The highest BCUT2D eigenvalue weighted by Crippen LogP contribution is 2.42. The molecule has 2 aliphatic rings. The van der Waals surface area contributed by atoms with Gasteiger partial charge < -0.3 is 24.4 Å². The van der Waals surface area contributed by atoms with Gasteiger partial charge in [0.15, 0.2) is 0 Å². The number of alkyl halides is 6. The molecular formula is C30H27F6N3O5. The third kappa shape index (κ3) is 6.44. The molecule has 0 unspecified atom stereocenters. The number of morpholine rings is 1. The van der Waals surface area contributed by atoms with E-state index in [-0.39, 0.29) is 46.7 Å². The molecule has 0 radical (unpaired) electrons. The lowest BCUT2D eigenvalue weighted by atomic mass is 9.91. The number of ether oxygens (including phenoxy) is 2. The lowest BCUT2D eigenvalue weighted by Gasteiger charge is -2.28. The van der Waals surface area contributed by atoms with Crippen molar-refractivity contribution in [2.24, 2.45) is 0 Å². The zero-order valence-corrected chi connectivity index (χ0v) is 23.3. The number of aliphatic carboxylic acids is 1. The predicted molar refractivity (Wildman–Crippen MR) is 147 cm³/mol. The van der Waals surface area contributed by atoms with Crippen LogP contribution in [0.3, 0.4) is 0 Å². The summed E-state index contributed by atoms with van der Waals surface area (Å²) in [4.78, 5) is 30.5. The molecule has 1 aromatic heterocycles. The first kappa shape index (κ1) is 31.1. The molecule has 0 spiro atoms. The molecule has 2 aromatic carbocycles. The lowest BCUT2D eigenvalue weighted by Crippen LogP contribution is -2.41. The zero-order valence-electron chi connectivity index (χ0n) is 23.3. The molecule has 3 aromatic rings. The number of carbonyl (C=O) groups excluding carboxylic acids is 1. The molecule has 8 nitrogen and oxygen atoms in total. The SMILES string of the molecule is Cc1c(CN(C(=O)C(F)(F)F)c2ccc3c(c2)OC[C@H]3CC(=O)O)ccc(C(F)(F)F)c1-c1ccc(N2CCOCC2)nc1. The van der Waals surface area contributed by atoms with Crippen LogP contribution in [-0.4, -0.2) is 61.1 Å². The van der Waals surface area contributed by atoms with E-state index in [1.54, 1.807) is 6.07 Å². The monoisotopic (exact) mass is 623 g/mol. The van der Waals surface area contributed by atoms with Crippen LogP contribution in [0.1, 0.15) is 34.6 Å². The van der Waals surface area contributed by atoms with Gasteiger partial charge in [0.25, 0.3) is 0 Å². The van der Waals surface area contributed by atoms with Crippen LogP contribution < -0.4 is 14.5 Å². The molecule has 3 heterocycles. The van der Waals surface area contributed by atoms with Crippen LogP contribution >= 0.6 is 0 Å². The summed E-state index contributed by atoms with van der Waals surface area (Å²) >= 11 is 0. The second-order valence-corrected chi connectivity index (χ2v) is 10.5. The van der Waals surface area contributed by atoms with Crippen LogP contribution in [-0.2, 0) is 27.0 Å². The average Bonchev–Trinajstić information content (AvgIpc) is 3.36. The highest BCUT2D eigenvalue weighted by molar-refractivity contribution is 5.97. The molecular weight excluding hydrogens is 596 g/mol. The summed E-state index contributed by atoms with van der Waals surface area (Å²) in [7, 11) is 0. The molecule has 5 rings (SSSR count). The molecule has 0 saturated carbocycles. The third-order valence-electron chi connectivity index (χ3n) is 7.68. The number of rotatable bonds is 7. The summed E-state index contributed by atoms with van der Waals surface area (Å²) in [5, 5.41) is 9.13. The molecule has 2 aliphatic heterocycles. The van der Waals surface area contributed by atoms with Gasteiger partial charge in [-0.05, 0) is 47.9 Å². The fourth-order valence-electron chi connectivity index (χ4n) is 5.46. The first-order chi connectivity index (χ1) is 20.7. The Bertz CT molecular complexity index is 1550. The Balaban J connectivity index is 1.53. The number of anilines is 2. The van der Waals surface area contributed by atoms with Gasteiger partial charge >= 0.3 is 24.2 Å². The van der Waals surface area contributed by atoms with Gasteiger partial charge in [0.2, 0.25) is 0 Å². The Morgan fingerprint density at radius 2 is 1.77 bits per heavy atom. The maximum Gasteiger partial charge on any atom is 0.471 e. The number of carboxylic acid groups (broad SMARTS) is 1. The van der Waals surface area contributed by atoms with Crippen LogP contribution in [0.4, 0.5) is 37.8 Å². The van der Waals surface area contributed by atoms with Crippen molar-refractivity contribution < 1.29 is 50.5 Å². The number of halogens is 6. The normalized spacial score (nSPS) is 16.8. The van der Waals surface area contributed by atoms with Crippen molar-refractivity contribution in [2.75, 3.05) is 42.7 Å². The van der Waals surface area contributed by atoms with E-state index >= 15 is 0 Å². The average molecular weight is 624 g/mol. The second-order valence-electron chi connectivity index (χ2n) is 10.5. The summed E-state index contributed by atoms with van der Waals surface area (Å²) in [6.45, 7) is 2.74. The number of pyridine rings is 1. The second kappa shape index (κ2) is 12.0. The number of aromatic nitrogens is 1. The van der Waals surface area contributed by atoms with Crippen molar-refractivity contribution in [1.82, 2.24) is 4.98 Å². The Morgan fingerprint density at radius 3 is 2.39 bits per heavy atom. The van der Waals surface area contributed by atoms with Crippen LogP contribution in [0.5, 0.6) is 5.75 Å². The molecule has 1 saturated heterocycles. The molecule has 1 atom stereocenters. The summed E-state index contributed by atoms with van der Waals surface area (Å²) in [5.74, 6) is -3.15. The van der Waals surface area contributed by atoms with Gasteiger partial charge in [0, 0.05) is 48.1 Å². The number of amides is 1. The summed E-state index contributed by atoms with van der Waals surface area (Å²) < 4.78 is 94.6. The minimum atomic E-state index is -5.30. The minimum absolute atomic E-state index is 0.00194.